The molecule has 3 unspecified atom stereocenters. The molecular formula is C21H25F3N4O3. The fraction of sp³-hybridized carbons (Fsp3) is 0.619. The number of anilines is 1. The largest absolute Gasteiger partial charge is 0.493 e. The molecule has 0 radical (unpaired) electrons. The van der Waals surface area contributed by atoms with Gasteiger partial charge in [0.15, 0.2) is 11.6 Å². The molecule has 0 spiro atoms. The van der Waals surface area contributed by atoms with Crippen molar-refractivity contribution in [1.29, 1.82) is 0 Å². The van der Waals surface area contributed by atoms with Gasteiger partial charge >= 0.3 is 5.69 Å². The van der Waals surface area contributed by atoms with Gasteiger partial charge in [-0.15, -0.1) is 0 Å². The van der Waals surface area contributed by atoms with E-state index in [2.05, 4.69) is 4.98 Å². The zero-order valence-corrected chi connectivity index (χ0v) is 17.4. The van der Waals surface area contributed by atoms with E-state index < -0.39 is 34.9 Å². The molecule has 0 bridgehead atoms. The summed E-state index contributed by atoms with van der Waals surface area (Å²) in [6, 6.07) is -1.35. The lowest BCUT2D eigenvalue weighted by Gasteiger charge is -2.36. The first-order chi connectivity index (χ1) is 14.7. The first kappa shape index (κ1) is 20.4. The summed E-state index contributed by atoms with van der Waals surface area (Å²) in [6.45, 7) is 2.23. The predicted molar refractivity (Wildman–Crippen MR) is 110 cm³/mol. The summed E-state index contributed by atoms with van der Waals surface area (Å²) in [7, 11) is 1.27. The van der Waals surface area contributed by atoms with Crippen molar-refractivity contribution in [3.63, 3.8) is 0 Å². The highest BCUT2D eigenvalue weighted by atomic mass is 19.3. The number of nitrogens with two attached hydrogens (primary N) is 1. The van der Waals surface area contributed by atoms with E-state index in [9.17, 15) is 18.4 Å². The third-order valence-corrected chi connectivity index (χ3v) is 7.21. The number of alkyl halides is 2. The Kier molecular flexibility index (Phi) is 4.45. The third-order valence-electron chi connectivity index (χ3n) is 7.21. The van der Waals surface area contributed by atoms with Crippen LogP contribution in [0.15, 0.2) is 9.59 Å². The van der Waals surface area contributed by atoms with Crippen LogP contribution in [0.25, 0.3) is 10.9 Å². The van der Waals surface area contributed by atoms with Crippen molar-refractivity contribution >= 4 is 16.6 Å². The van der Waals surface area contributed by atoms with Crippen molar-refractivity contribution in [3.05, 3.63) is 32.2 Å². The number of halogens is 3. The van der Waals surface area contributed by atoms with Gasteiger partial charge in [-0.05, 0) is 32.1 Å². The summed E-state index contributed by atoms with van der Waals surface area (Å²) in [5.74, 6) is -4.44. The lowest BCUT2D eigenvalue weighted by Crippen LogP contribution is -2.52. The minimum Gasteiger partial charge on any atom is -0.493 e. The number of fused-ring (bicyclic) bond motifs is 2. The van der Waals surface area contributed by atoms with Crippen molar-refractivity contribution in [3.8, 4) is 5.75 Å². The molecular weight excluding hydrogens is 413 g/mol. The number of aromatic nitrogens is 2. The number of nitrogens with zero attached hydrogens (tertiary/aromatic N) is 2. The van der Waals surface area contributed by atoms with E-state index in [4.69, 9.17) is 10.5 Å². The van der Waals surface area contributed by atoms with Gasteiger partial charge in [-0.3, -0.25) is 14.3 Å². The van der Waals surface area contributed by atoms with Crippen LogP contribution >= 0.6 is 0 Å². The number of H-pyrrole nitrogens is 1. The zero-order valence-electron chi connectivity index (χ0n) is 17.4. The molecule has 3 aliphatic rings. The average molecular weight is 438 g/mol. The molecule has 0 amide bonds. The highest BCUT2D eigenvalue weighted by molar-refractivity contribution is 5.93. The minimum atomic E-state index is -2.94. The number of aromatic amines is 1. The molecule has 10 heteroatoms. The molecule has 1 saturated heterocycles. The van der Waals surface area contributed by atoms with Crippen molar-refractivity contribution in [2.45, 2.75) is 50.6 Å². The molecule has 7 nitrogen and oxygen atoms in total. The standard InChI is InChI=1S/C21H25F3N4O3/c1-9-15-13(19(29)26-20(30)28(15)11-3-4-11)17(31-2)14(22)16(9)27-7-10-5-6-21(23,24)18(25)12(10)8-27/h10-12,18H,3-8,25H2,1-2H3,(H,26,29,30). The fourth-order valence-electron chi connectivity index (χ4n) is 5.52. The maximum Gasteiger partial charge on any atom is 0.329 e. The van der Waals surface area contributed by atoms with Crippen LogP contribution < -0.4 is 26.6 Å². The summed E-state index contributed by atoms with van der Waals surface area (Å²) in [6.07, 6.45) is 1.61. The van der Waals surface area contributed by atoms with E-state index >= 15 is 4.39 Å². The van der Waals surface area contributed by atoms with E-state index in [0.717, 1.165) is 12.8 Å². The monoisotopic (exact) mass is 438 g/mol. The summed E-state index contributed by atoms with van der Waals surface area (Å²) in [5, 5.41) is -0.00685. The van der Waals surface area contributed by atoms with Crippen LogP contribution in [0, 0.1) is 24.6 Å². The van der Waals surface area contributed by atoms with Crippen molar-refractivity contribution in [2.75, 3.05) is 25.1 Å². The van der Waals surface area contributed by atoms with Crippen molar-refractivity contribution in [1.82, 2.24) is 9.55 Å². The number of ether oxygens (including phenoxy) is 1. The number of nitrogens with one attached hydrogen (secondary N) is 1. The molecule has 3 N–H and O–H groups in total. The van der Waals surface area contributed by atoms with E-state index in [0.29, 0.717) is 24.0 Å². The maximum atomic E-state index is 15.7. The van der Waals surface area contributed by atoms with E-state index in [-0.39, 0.29) is 41.7 Å². The second-order valence-corrected chi connectivity index (χ2v) is 9.06. The molecule has 1 aromatic carbocycles. The molecule has 2 saturated carbocycles. The second-order valence-electron chi connectivity index (χ2n) is 9.06. The summed E-state index contributed by atoms with van der Waals surface area (Å²) in [5.41, 5.74) is 5.60. The summed E-state index contributed by atoms with van der Waals surface area (Å²) in [4.78, 5) is 29.2. The topological polar surface area (TPSA) is 93.3 Å². The van der Waals surface area contributed by atoms with Crippen molar-refractivity contribution in [2.24, 2.45) is 17.6 Å². The SMILES string of the molecule is COc1c(F)c(N2CC3CCC(F)(F)C(N)C3C2)c(C)c2c1c(=O)[nH]c(=O)n2C1CC1. The van der Waals surface area contributed by atoms with Gasteiger partial charge in [0.1, 0.15) is 5.39 Å². The molecule has 1 aromatic heterocycles. The van der Waals surface area contributed by atoms with Gasteiger partial charge in [-0.2, -0.15) is 0 Å². The Balaban J connectivity index is 1.71. The Bertz CT molecular complexity index is 1190. The number of rotatable bonds is 3. The maximum absolute atomic E-state index is 15.7. The third kappa shape index (κ3) is 2.90. The lowest BCUT2D eigenvalue weighted by molar-refractivity contribution is -0.0794. The molecule has 2 aromatic rings. The Labute approximate surface area is 176 Å². The predicted octanol–water partition coefficient (Wildman–Crippen LogP) is 2.29. The van der Waals surface area contributed by atoms with Crippen LogP contribution in [0.1, 0.15) is 37.3 Å². The van der Waals surface area contributed by atoms with E-state index in [1.54, 1.807) is 11.8 Å². The smallest absolute Gasteiger partial charge is 0.329 e. The van der Waals surface area contributed by atoms with E-state index in [1.807, 2.05) is 0 Å². The average Bonchev–Trinajstić information content (AvgIpc) is 3.45. The molecule has 3 fully saturated rings. The number of methoxy groups -OCH3 is 1. The Morgan fingerprint density at radius 3 is 2.55 bits per heavy atom. The van der Waals surface area contributed by atoms with Gasteiger partial charge in [0.2, 0.25) is 0 Å². The van der Waals surface area contributed by atoms with Gasteiger partial charge < -0.3 is 15.4 Å². The fourth-order valence-corrected chi connectivity index (χ4v) is 5.52. The van der Waals surface area contributed by atoms with Gasteiger partial charge in [0.05, 0.1) is 24.4 Å². The summed E-state index contributed by atoms with van der Waals surface area (Å²) >= 11 is 0. The van der Waals surface area contributed by atoms with Gasteiger partial charge in [0.25, 0.3) is 11.5 Å². The van der Waals surface area contributed by atoms with E-state index in [1.165, 1.54) is 11.7 Å². The first-order valence-electron chi connectivity index (χ1n) is 10.6. The van der Waals surface area contributed by atoms with Gasteiger partial charge in [-0.25, -0.2) is 18.0 Å². The molecule has 1 aliphatic heterocycles. The van der Waals surface area contributed by atoms with Gasteiger partial charge in [-0.1, -0.05) is 0 Å². The lowest BCUT2D eigenvalue weighted by atomic mass is 9.76. The number of hydrogen-bond acceptors (Lipinski definition) is 5. The Morgan fingerprint density at radius 2 is 1.90 bits per heavy atom. The van der Waals surface area contributed by atoms with Crippen LogP contribution in [-0.4, -0.2) is 41.7 Å². The molecule has 2 heterocycles. The minimum absolute atomic E-state index is 0.00685. The van der Waals surface area contributed by atoms with Crippen LogP contribution in [0.5, 0.6) is 5.75 Å². The number of hydrogen-bond donors (Lipinski definition) is 2. The second kappa shape index (κ2) is 6.75. The summed E-state index contributed by atoms with van der Waals surface area (Å²) < 4.78 is 50.8. The van der Waals surface area contributed by atoms with Crippen LogP contribution in [0.3, 0.4) is 0 Å². The molecule has 5 rings (SSSR count). The van der Waals surface area contributed by atoms with Crippen LogP contribution in [-0.2, 0) is 0 Å². The highest BCUT2D eigenvalue weighted by Gasteiger charge is 2.52. The molecule has 3 atom stereocenters. The highest BCUT2D eigenvalue weighted by Crippen LogP contribution is 2.47. The first-order valence-corrected chi connectivity index (χ1v) is 10.6. The number of benzene rings is 1. The Morgan fingerprint density at radius 1 is 1.19 bits per heavy atom. The normalized spacial score (nSPS) is 27.5. The van der Waals surface area contributed by atoms with Crippen molar-refractivity contribution < 1.29 is 17.9 Å². The molecule has 168 valence electrons. The van der Waals surface area contributed by atoms with Crippen LogP contribution in [0.2, 0.25) is 0 Å². The molecule has 31 heavy (non-hydrogen) atoms. The molecule has 2 aliphatic carbocycles. The number of aryl methyl sites for hydroxylation is 1. The van der Waals surface area contributed by atoms with Gasteiger partial charge in [0, 0.05) is 37.0 Å². The van der Waals surface area contributed by atoms with Crippen LogP contribution in [0.4, 0.5) is 18.9 Å². The Hall–Kier alpha value is -2.49. The quantitative estimate of drug-likeness (QED) is 0.767. The zero-order chi connectivity index (χ0) is 22.2.